The summed E-state index contributed by atoms with van der Waals surface area (Å²) in [6, 6.07) is 0. The molecule has 0 N–H and O–H groups in total. The van der Waals surface area contributed by atoms with E-state index >= 15 is 0 Å². The van der Waals surface area contributed by atoms with Gasteiger partial charge in [-0.05, 0) is 52.7 Å². The van der Waals surface area contributed by atoms with Gasteiger partial charge in [0.15, 0.2) is 25.2 Å². The van der Waals surface area contributed by atoms with Gasteiger partial charge in [0.1, 0.15) is 0 Å². The molecule has 4 atom stereocenters. The van der Waals surface area contributed by atoms with E-state index in [2.05, 4.69) is 13.8 Å². The highest BCUT2D eigenvalue weighted by molar-refractivity contribution is 4.88. The number of methoxy groups -OCH3 is 2. The van der Waals surface area contributed by atoms with Crippen LogP contribution in [-0.2, 0) is 33.2 Å². The fraction of sp³-hybridized carbons (Fsp3) is 0.833. The van der Waals surface area contributed by atoms with Crippen molar-refractivity contribution in [1.82, 2.24) is 0 Å². The van der Waals surface area contributed by atoms with Crippen LogP contribution < -0.4 is 0 Å². The topological polar surface area (TPSA) is 64.6 Å². The zero-order valence-corrected chi connectivity index (χ0v) is 20.9. The fourth-order valence-electron chi connectivity index (χ4n) is 2.98. The van der Waals surface area contributed by atoms with Crippen LogP contribution in [0.2, 0.25) is 0 Å². The average Bonchev–Trinajstić information content (AvgIpc) is 2.75. The Kier molecular flexibility index (Phi) is 19.3. The quantitative estimate of drug-likeness (QED) is 0.194. The van der Waals surface area contributed by atoms with Gasteiger partial charge < -0.3 is 33.2 Å². The van der Waals surface area contributed by atoms with Crippen molar-refractivity contribution < 1.29 is 33.2 Å². The molecule has 31 heavy (non-hydrogen) atoms. The van der Waals surface area contributed by atoms with Crippen molar-refractivity contribution in [3.05, 3.63) is 24.3 Å². The highest BCUT2D eigenvalue weighted by Crippen LogP contribution is 2.21. The van der Waals surface area contributed by atoms with Crippen LogP contribution in [0.1, 0.15) is 54.4 Å². The van der Waals surface area contributed by atoms with Crippen LogP contribution in [0.3, 0.4) is 0 Å². The predicted octanol–water partition coefficient (Wildman–Crippen LogP) is 4.91. The molecule has 7 nitrogen and oxygen atoms in total. The van der Waals surface area contributed by atoms with E-state index in [0.29, 0.717) is 26.4 Å². The van der Waals surface area contributed by atoms with Crippen LogP contribution >= 0.6 is 0 Å². The van der Waals surface area contributed by atoms with Gasteiger partial charge in [-0.3, -0.25) is 0 Å². The first-order chi connectivity index (χ1) is 15.0. The lowest BCUT2D eigenvalue weighted by Gasteiger charge is -2.29. The molecule has 0 fully saturated rings. The molecule has 0 amide bonds. The lowest BCUT2D eigenvalue weighted by Crippen LogP contribution is -2.34. The second kappa shape index (κ2) is 19.9. The van der Waals surface area contributed by atoms with E-state index in [9.17, 15) is 0 Å². The highest BCUT2D eigenvalue weighted by Gasteiger charge is 2.25. The monoisotopic (exact) mass is 446 g/mol. The maximum Gasteiger partial charge on any atom is 0.176 e. The molecule has 0 rings (SSSR count). The molecule has 0 aliphatic heterocycles. The maximum absolute atomic E-state index is 6.14. The molecule has 184 valence electrons. The van der Waals surface area contributed by atoms with Crippen LogP contribution in [0.25, 0.3) is 0 Å². The Bertz CT molecular complexity index is 403. The Morgan fingerprint density at radius 3 is 1.16 bits per heavy atom. The van der Waals surface area contributed by atoms with Gasteiger partial charge in [0, 0.05) is 52.5 Å². The number of ether oxygens (including phenoxy) is 7. The van der Waals surface area contributed by atoms with Crippen LogP contribution in [0.5, 0.6) is 0 Å². The Morgan fingerprint density at radius 2 is 0.903 bits per heavy atom. The molecule has 7 heteroatoms. The minimum absolute atomic E-state index is 0.130. The zero-order chi connectivity index (χ0) is 23.5. The molecule has 0 radical (unpaired) electrons. The summed E-state index contributed by atoms with van der Waals surface area (Å²) in [5.41, 5.74) is 0. The van der Waals surface area contributed by atoms with Gasteiger partial charge in [-0.1, -0.05) is 26.0 Å². The molecule has 0 aliphatic rings. The number of hydrogen-bond donors (Lipinski definition) is 0. The maximum atomic E-state index is 6.14. The fourth-order valence-corrected chi connectivity index (χ4v) is 2.98. The SMILES string of the molecule is CCOC(/C=C\CC(C)C(OC)OC(OC)C(C)C/C=C\C(OCC)OCC)OCC. The molecular weight excluding hydrogens is 400 g/mol. The second-order valence-electron chi connectivity index (χ2n) is 7.18. The zero-order valence-electron chi connectivity index (χ0n) is 20.9. The van der Waals surface area contributed by atoms with Gasteiger partial charge in [0.2, 0.25) is 0 Å². The van der Waals surface area contributed by atoms with Gasteiger partial charge in [0.25, 0.3) is 0 Å². The molecule has 4 unspecified atom stereocenters. The van der Waals surface area contributed by atoms with Crippen LogP contribution in [0.4, 0.5) is 0 Å². The molecule has 0 bridgehead atoms. The first kappa shape index (κ1) is 30.2. The summed E-state index contributed by atoms with van der Waals surface area (Å²) >= 11 is 0. The summed E-state index contributed by atoms with van der Waals surface area (Å²) in [4.78, 5) is 0. The molecule has 0 aromatic carbocycles. The molecular formula is C24H46O7. The summed E-state index contributed by atoms with van der Waals surface area (Å²) in [6.07, 6.45) is 8.08. The Balaban J connectivity index is 4.73. The normalized spacial score (nSPS) is 16.6. The van der Waals surface area contributed by atoms with Crippen molar-refractivity contribution in [2.75, 3.05) is 40.6 Å². The molecule has 0 heterocycles. The van der Waals surface area contributed by atoms with Crippen molar-refractivity contribution in [1.29, 1.82) is 0 Å². The largest absolute Gasteiger partial charge is 0.355 e. The Morgan fingerprint density at radius 1 is 0.581 bits per heavy atom. The third-order valence-corrected chi connectivity index (χ3v) is 4.59. The van der Waals surface area contributed by atoms with Crippen LogP contribution in [0, 0.1) is 11.8 Å². The van der Waals surface area contributed by atoms with E-state index in [4.69, 9.17) is 33.2 Å². The molecule has 0 aromatic heterocycles. The third-order valence-electron chi connectivity index (χ3n) is 4.59. The van der Waals surface area contributed by atoms with Crippen molar-refractivity contribution >= 4 is 0 Å². The van der Waals surface area contributed by atoms with Gasteiger partial charge >= 0.3 is 0 Å². The standard InChI is InChI=1S/C24H46O7/c1-9-27-21(28-10-2)17-13-15-19(5)23(25-7)31-24(26-8)20(6)16-14-18-22(29-11-3)30-12-4/h13-14,17-24H,9-12,15-16H2,1-8H3/b17-13-,18-14-. The average molecular weight is 447 g/mol. The molecule has 0 aliphatic carbocycles. The molecule has 0 saturated heterocycles. The van der Waals surface area contributed by atoms with E-state index in [1.807, 2.05) is 52.0 Å². The van der Waals surface area contributed by atoms with E-state index in [-0.39, 0.29) is 24.4 Å². The van der Waals surface area contributed by atoms with Crippen LogP contribution in [0.15, 0.2) is 24.3 Å². The van der Waals surface area contributed by atoms with E-state index < -0.39 is 12.6 Å². The smallest absolute Gasteiger partial charge is 0.176 e. The number of hydrogen-bond acceptors (Lipinski definition) is 7. The number of rotatable bonds is 20. The minimum atomic E-state index is -0.390. The van der Waals surface area contributed by atoms with E-state index in [1.54, 1.807) is 14.2 Å². The molecule has 0 saturated carbocycles. The van der Waals surface area contributed by atoms with E-state index in [0.717, 1.165) is 12.8 Å². The minimum Gasteiger partial charge on any atom is -0.355 e. The molecule has 0 aromatic rings. The third kappa shape index (κ3) is 14.1. The van der Waals surface area contributed by atoms with Gasteiger partial charge in [-0.25, -0.2) is 0 Å². The lowest BCUT2D eigenvalue weighted by atomic mass is 10.1. The highest BCUT2D eigenvalue weighted by atomic mass is 16.8. The summed E-state index contributed by atoms with van der Waals surface area (Å²) in [5, 5.41) is 0. The summed E-state index contributed by atoms with van der Waals surface area (Å²) in [6.45, 7) is 14.4. The van der Waals surface area contributed by atoms with Crippen molar-refractivity contribution in [2.24, 2.45) is 11.8 Å². The van der Waals surface area contributed by atoms with Gasteiger partial charge in [0.05, 0.1) is 0 Å². The van der Waals surface area contributed by atoms with Gasteiger partial charge in [-0.2, -0.15) is 0 Å². The van der Waals surface area contributed by atoms with Gasteiger partial charge in [-0.15, -0.1) is 0 Å². The Labute approximate surface area is 190 Å². The first-order valence-electron chi connectivity index (χ1n) is 11.5. The summed E-state index contributed by atoms with van der Waals surface area (Å²) in [7, 11) is 3.31. The summed E-state index contributed by atoms with van der Waals surface area (Å²) < 4.78 is 39.5. The summed E-state index contributed by atoms with van der Waals surface area (Å²) in [5.74, 6) is 0.261. The van der Waals surface area contributed by atoms with Crippen molar-refractivity contribution in [3.63, 3.8) is 0 Å². The van der Waals surface area contributed by atoms with Crippen molar-refractivity contribution in [2.45, 2.75) is 79.5 Å². The number of allylic oxidation sites excluding steroid dienone is 2. The van der Waals surface area contributed by atoms with Crippen LogP contribution in [-0.4, -0.2) is 65.8 Å². The van der Waals surface area contributed by atoms with Crippen molar-refractivity contribution in [3.8, 4) is 0 Å². The lowest BCUT2D eigenvalue weighted by molar-refractivity contribution is -0.259. The van der Waals surface area contributed by atoms with E-state index in [1.165, 1.54) is 0 Å². The molecule has 0 spiro atoms. The first-order valence-corrected chi connectivity index (χ1v) is 11.5. The second-order valence-corrected chi connectivity index (χ2v) is 7.18. The Hall–Kier alpha value is -0.800. The predicted molar refractivity (Wildman–Crippen MR) is 123 cm³/mol.